The number of nitrogens with one attached hydrogen (secondary N) is 2. The van der Waals surface area contributed by atoms with E-state index in [1.807, 2.05) is 92.7 Å². The molecule has 3 aromatic carbocycles. The van der Waals surface area contributed by atoms with E-state index in [4.69, 9.17) is 9.47 Å². The van der Waals surface area contributed by atoms with Crippen molar-refractivity contribution in [3.05, 3.63) is 95.6 Å². The first-order valence-electron chi connectivity index (χ1n) is 11.9. The van der Waals surface area contributed by atoms with Crippen LogP contribution in [0.1, 0.15) is 36.5 Å². The monoisotopic (exact) mass is 486 g/mol. The minimum Gasteiger partial charge on any atom is -0.467 e. The van der Waals surface area contributed by atoms with Crippen LogP contribution in [0.4, 0.5) is 4.79 Å². The molecule has 0 radical (unpaired) electrons. The van der Waals surface area contributed by atoms with Gasteiger partial charge < -0.3 is 20.1 Å². The number of ether oxygens (including phenoxy) is 2. The second-order valence-corrected chi connectivity index (χ2v) is 9.09. The van der Waals surface area contributed by atoms with E-state index in [-0.39, 0.29) is 12.5 Å². The van der Waals surface area contributed by atoms with Crippen molar-refractivity contribution in [3.63, 3.8) is 0 Å². The maximum atomic E-state index is 13.4. The van der Waals surface area contributed by atoms with Crippen molar-refractivity contribution in [1.82, 2.24) is 10.6 Å². The lowest BCUT2D eigenvalue weighted by Gasteiger charge is -2.28. The molecule has 36 heavy (non-hydrogen) atoms. The summed E-state index contributed by atoms with van der Waals surface area (Å²) < 4.78 is 10.4. The van der Waals surface area contributed by atoms with Crippen LogP contribution in [0.2, 0.25) is 0 Å². The third kappa shape index (κ3) is 5.25. The highest BCUT2D eigenvalue weighted by Crippen LogP contribution is 2.46. The Balaban J connectivity index is 1.54. The van der Waals surface area contributed by atoms with E-state index in [1.54, 1.807) is 0 Å². The van der Waals surface area contributed by atoms with Gasteiger partial charge >= 0.3 is 12.1 Å². The molecule has 2 amide bonds. The summed E-state index contributed by atoms with van der Waals surface area (Å²) in [6, 6.07) is 23.0. The molecule has 0 heterocycles. The Morgan fingerprint density at radius 2 is 1.36 bits per heavy atom. The molecular formula is C29H30N2O5. The lowest BCUT2D eigenvalue weighted by molar-refractivity contribution is -0.145. The molecule has 1 aliphatic carbocycles. The fraction of sp³-hybridized carbons (Fsp3) is 0.276. The molecular weight excluding hydrogens is 456 g/mol. The zero-order chi connectivity index (χ0) is 25.7. The van der Waals surface area contributed by atoms with Gasteiger partial charge in [0.25, 0.3) is 0 Å². The molecule has 0 spiro atoms. The molecule has 1 aliphatic rings. The number of amides is 2. The van der Waals surface area contributed by atoms with Crippen LogP contribution in [0.3, 0.4) is 0 Å². The van der Waals surface area contributed by atoms with Crippen LogP contribution >= 0.6 is 0 Å². The Kier molecular flexibility index (Phi) is 7.68. The summed E-state index contributed by atoms with van der Waals surface area (Å²) in [5.74, 6) is -1.73. The van der Waals surface area contributed by atoms with Crippen molar-refractivity contribution >= 4 is 18.0 Å². The van der Waals surface area contributed by atoms with Crippen molar-refractivity contribution in [2.24, 2.45) is 5.92 Å². The molecule has 0 aromatic heterocycles. The molecule has 7 heteroatoms. The largest absolute Gasteiger partial charge is 0.467 e. The molecule has 2 N–H and O–H groups in total. The van der Waals surface area contributed by atoms with Crippen LogP contribution in [-0.4, -0.2) is 37.2 Å². The van der Waals surface area contributed by atoms with Crippen molar-refractivity contribution < 1.29 is 23.9 Å². The Morgan fingerprint density at radius 3 is 1.92 bits per heavy atom. The van der Waals surface area contributed by atoms with Gasteiger partial charge in [0.15, 0.2) is 0 Å². The number of carbonyl (C=O) groups excluding carboxylic acids is 3. The summed E-state index contributed by atoms with van der Waals surface area (Å²) in [6.07, 6.45) is -0.709. The average Bonchev–Trinajstić information content (AvgIpc) is 3.23. The zero-order valence-electron chi connectivity index (χ0n) is 20.6. The van der Waals surface area contributed by atoms with Crippen LogP contribution < -0.4 is 10.6 Å². The normalized spacial score (nSPS) is 13.8. The van der Waals surface area contributed by atoms with Crippen molar-refractivity contribution in [2.75, 3.05) is 7.11 Å². The predicted molar refractivity (Wildman–Crippen MR) is 136 cm³/mol. The Bertz CT molecular complexity index is 1200. The highest BCUT2D eigenvalue weighted by molar-refractivity contribution is 5.92. The minimum absolute atomic E-state index is 0.0829. The maximum absolute atomic E-state index is 13.4. The number of hydrogen-bond acceptors (Lipinski definition) is 5. The van der Waals surface area contributed by atoms with Crippen molar-refractivity contribution in [3.8, 4) is 11.1 Å². The molecule has 0 unspecified atom stereocenters. The number of alkyl carbamates (subject to hydrolysis) is 1. The minimum atomic E-state index is -0.976. The SMILES string of the molecule is COC(=O)[C@@H](NC(=O)[C@@H](NC(=O)OCc1ccccc1)C(C)C)C1c2ccccc2-c2ccccc21. The lowest BCUT2D eigenvalue weighted by atomic mass is 9.88. The van der Waals surface area contributed by atoms with Gasteiger partial charge in [0.1, 0.15) is 18.7 Å². The van der Waals surface area contributed by atoms with E-state index in [9.17, 15) is 14.4 Å². The Hall–Kier alpha value is -4.13. The fourth-order valence-corrected chi connectivity index (χ4v) is 4.63. The zero-order valence-corrected chi connectivity index (χ0v) is 20.6. The first-order chi connectivity index (χ1) is 17.4. The van der Waals surface area contributed by atoms with Gasteiger partial charge in [-0.25, -0.2) is 9.59 Å². The summed E-state index contributed by atoms with van der Waals surface area (Å²) in [5, 5.41) is 5.52. The van der Waals surface area contributed by atoms with Crippen LogP contribution in [0.15, 0.2) is 78.9 Å². The smallest absolute Gasteiger partial charge is 0.408 e. The number of carbonyl (C=O) groups is 3. The third-order valence-electron chi connectivity index (χ3n) is 6.40. The first-order valence-corrected chi connectivity index (χ1v) is 11.9. The molecule has 3 aromatic rings. The number of methoxy groups -OCH3 is 1. The van der Waals surface area contributed by atoms with E-state index in [0.29, 0.717) is 0 Å². The second kappa shape index (κ2) is 11.1. The van der Waals surface area contributed by atoms with E-state index < -0.39 is 36.0 Å². The standard InChI is InChI=1S/C29H30N2O5/c1-18(2)25(31-29(34)36-17-19-11-5-4-6-12-19)27(32)30-26(28(33)35-3)24-22-15-9-7-13-20(22)21-14-8-10-16-23(21)24/h4-16,18,24-26H,17H2,1-3H3,(H,30,32)(H,31,34)/t25-,26-/m0/s1. The molecule has 186 valence electrons. The molecule has 0 bridgehead atoms. The Morgan fingerprint density at radius 1 is 0.806 bits per heavy atom. The number of rotatable bonds is 8. The molecule has 0 saturated carbocycles. The first kappa shape index (κ1) is 25.0. The van der Waals surface area contributed by atoms with Gasteiger partial charge in [0, 0.05) is 5.92 Å². The molecule has 0 saturated heterocycles. The number of hydrogen-bond donors (Lipinski definition) is 2. The summed E-state index contributed by atoms with van der Waals surface area (Å²) >= 11 is 0. The summed E-state index contributed by atoms with van der Waals surface area (Å²) in [4.78, 5) is 38.9. The van der Waals surface area contributed by atoms with E-state index >= 15 is 0 Å². The molecule has 7 nitrogen and oxygen atoms in total. The average molecular weight is 487 g/mol. The molecule has 2 atom stereocenters. The predicted octanol–water partition coefficient (Wildman–Crippen LogP) is 4.41. The van der Waals surface area contributed by atoms with E-state index in [1.165, 1.54) is 7.11 Å². The molecule has 0 fully saturated rings. The van der Waals surface area contributed by atoms with Crippen LogP contribution in [0.5, 0.6) is 0 Å². The number of benzene rings is 3. The van der Waals surface area contributed by atoms with Crippen LogP contribution in [0, 0.1) is 5.92 Å². The Labute approximate surface area is 210 Å². The van der Waals surface area contributed by atoms with Crippen LogP contribution in [0.25, 0.3) is 11.1 Å². The van der Waals surface area contributed by atoms with Gasteiger partial charge in [-0.1, -0.05) is 92.7 Å². The highest BCUT2D eigenvalue weighted by atomic mass is 16.5. The second-order valence-electron chi connectivity index (χ2n) is 9.09. The fourth-order valence-electron chi connectivity index (χ4n) is 4.63. The van der Waals surface area contributed by atoms with Crippen LogP contribution in [-0.2, 0) is 25.7 Å². The lowest BCUT2D eigenvalue weighted by Crippen LogP contribution is -2.55. The van der Waals surface area contributed by atoms with E-state index in [0.717, 1.165) is 27.8 Å². The summed E-state index contributed by atoms with van der Waals surface area (Å²) in [5.41, 5.74) is 4.74. The number of fused-ring (bicyclic) bond motifs is 3. The molecule has 4 rings (SSSR count). The summed E-state index contributed by atoms with van der Waals surface area (Å²) in [7, 11) is 1.30. The maximum Gasteiger partial charge on any atom is 0.408 e. The van der Waals surface area contributed by atoms with E-state index in [2.05, 4.69) is 10.6 Å². The van der Waals surface area contributed by atoms with Gasteiger partial charge in [0.2, 0.25) is 5.91 Å². The van der Waals surface area contributed by atoms with Crippen molar-refractivity contribution in [2.45, 2.75) is 38.5 Å². The quantitative estimate of drug-likeness (QED) is 0.460. The third-order valence-corrected chi connectivity index (χ3v) is 6.40. The number of esters is 1. The van der Waals surface area contributed by atoms with Gasteiger partial charge in [-0.3, -0.25) is 4.79 Å². The van der Waals surface area contributed by atoms with Crippen molar-refractivity contribution in [1.29, 1.82) is 0 Å². The van der Waals surface area contributed by atoms with Gasteiger partial charge in [-0.2, -0.15) is 0 Å². The molecule has 0 aliphatic heterocycles. The highest BCUT2D eigenvalue weighted by Gasteiger charge is 2.40. The van der Waals surface area contributed by atoms with Gasteiger partial charge in [-0.05, 0) is 33.7 Å². The topological polar surface area (TPSA) is 93.7 Å². The van der Waals surface area contributed by atoms with Gasteiger partial charge in [0.05, 0.1) is 7.11 Å². The van der Waals surface area contributed by atoms with Gasteiger partial charge in [-0.15, -0.1) is 0 Å². The summed E-state index contributed by atoms with van der Waals surface area (Å²) in [6.45, 7) is 3.71.